The molecule has 1 saturated heterocycles. The van der Waals surface area contributed by atoms with Crippen molar-refractivity contribution < 1.29 is 9.53 Å². The van der Waals surface area contributed by atoms with Gasteiger partial charge in [-0.1, -0.05) is 12.1 Å². The van der Waals surface area contributed by atoms with Gasteiger partial charge >= 0.3 is 0 Å². The number of carbonyl (C=O) groups excluding carboxylic acids is 1. The van der Waals surface area contributed by atoms with Crippen LogP contribution < -0.4 is 16.2 Å². The van der Waals surface area contributed by atoms with Crippen molar-refractivity contribution in [2.24, 2.45) is 17.4 Å². The number of rotatable bonds is 6. The SMILES string of the molecule is CCOc1ccc(C(N)CN2CCCC(C(N)=O)C2)cc1. The molecule has 116 valence electrons. The fourth-order valence-corrected chi connectivity index (χ4v) is 2.82. The lowest BCUT2D eigenvalue weighted by atomic mass is 9.96. The Morgan fingerprint density at radius 3 is 2.76 bits per heavy atom. The summed E-state index contributed by atoms with van der Waals surface area (Å²) >= 11 is 0. The molecule has 0 aromatic heterocycles. The summed E-state index contributed by atoms with van der Waals surface area (Å²) in [6.45, 7) is 5.07. The largest absolute Gasteiger partial charge is 0.494 e. The van der Waals surface area contributed by atoms with Crippen LogP contribution in [0.4, 0.5) is 0 Å². The summed E-state index contributed by atoms with van der Waals surface area (Å²) in [5.74, 6) is 0.626. The number of primary amides is 1. The standard InChI is InChI=1S/C16H25N3O2/c1-2-21-14-7-5-12(6-8-14)15(17)11-19-9-3-4-13(10-19)16(18)20/h5-8,13,15H,2-4,9-11,17H2,1H3,(H2,18,20). The molecule has 1 fully saturated rings. The van der Waals surface area contributed by atoms with E-state index in [0.29, 0.717) is 6.61 Å². The zero-order valence-electron chi connectivity index (χ0n) is 12.6. The van der Waals surface area contributed by atoms with Crippen molar-refractivity contribution >= 4 is 5.91 Å². The Hall–Kier alpha value is -1.59. The van der Waals surface area contributed by atoms with E-state index >= 15 is 0 Å². The number of piperidine rings is 1. The van der Waals surface area contributed by atoms with Crippen LogP contribution in [0.1, 0.15) is 31.4 Å². The van der Waals surface area contributed by atoms with Crippen LogP contribution in [0.15, 0.2) is 24.3 Å². The van der Waals surface area contributed by atoms with E-state index in [4.69, 9.17) is 16.2 Å². The number of hydrogen-bond donors (Lipinski definition) is 2. The molecule has 21 heavy (non-hydrogen) atoms. The average Bonchev–Trinajstić information content (AvgIpc) is 2.48. The lowest BCUT2D eigenvalue weighted by Gasteiger charge is -2.32. The highest BCUT2D eigenvalue weighted by Gasteiger charge is 2.25. The van der Waals surface area contributed by atoms with Crippen molar-refractivity contribution in [3.05, 3.63) is 29.8 Å². The Kier molecular flexibility index (Phi) is 5.59. The summed E-state index contributed by atoms with van der Waals surface area (Å²) in [6.07, 6.45) is 1.90. The van der Waals surface area contributed by atoms with Crippen molar-refractivity contribution in [1.82, 2.24) is 4.90 Å². The summed E-state index contributed by atoms with van der Waals surface area (Å²) in [6, 6.07) is 7.84. The molecular formula is C16H25N3O2. The van der Waals surface area contributed by atoms with Crippen molar-refractivity contribution in [1.29, 1.82) is 0 Å². The maximum Gasteiger partial charge on any atom is 0.221 e. The van der Waals surface area contributed by atoms with Crippen LogP contribution >= 0.6 is 0 Å². The maximum absolute atomic E-state index is 11.3. The van der Waals surface area contributed by atoms with Crippen LogP contribution in [0.5, 0.6) is 5.75 Å². The second-order valence-corrected chi connectivity index (χ2v) is 5.61. The van der Waals surface area contributed by atoms with Gasteiger partial charge in [0.2, 0.25) is 5.91 Å². The molecule has 0 saturated carbocycles. The summed E-state index contributed by atoms with van der Waals surface area (Å²) < 4.78 is 5.43. The minimum atomic E-state index is -0.200. The van der Waals surface area contributed by atoms with Gasteiger partial charge in [-0.25, -0.2) is 0 Å². The van der Waals surface area contributed by atoms with E-state index in [1.54, 1.807) is 0 Å². The maximum atomic E-state index is 11.3. The monoisotopic (exact) mass is 291 g/mol. The van der Waals surface area contributed by atoms with Crippen LogP contribution in [0.3, 0.4) is 0 Å². The topological polar surface area (TPSA) is 81.6 Å². The van der Waals surface area contributed by atoms with Crippen molar-refractivity contribution in [2.45, 2.75) is 25.8 Å². The summed E-state index contributed by atoms with van der Waals surface area (Å²) in [4.78, 5) is 13.5. The van der Waals surface area contributed by atoms with Gasteiger partial charge in [0, 0.05) is 19.1 Å². The second-order valence-electron chi connectivity index (χ2n) is 5.61. The number of amides is 1. The van der Waals surface area contributed by atoms with Crippen molar-refractivity contribution in [3.63, 3.8) is 0 Å². The van der Waals surface area contributed by atoms with Crippen LogP contribution in [0, 0.1) is 5.92 Å². The van der Waals surface area contributed by atoms with Gasteiger partial charge < -0.3 is 21.1 Å². The second kappa shape index (κ2) is 7.43. The van der Waals surface area contributed by atoms with E-state index in [1.807, 2.05) is 31.2 Å². The van der Waals surface area contributed by atoms with Crippen LogP contribution in [-0.4, -0.2) is 37.0 Å². The number of nitrogens with zero attached hydrogens (tertiary/aromatic N) is 1. The van der Waals surface area contributed by atoms with E-state index in [9.17, 15) is 4.79 Å². The third-order valence-corrected chi connectivity index (χ3v) is 3.98. The van der Waals surface area contributed by atoms with E-state index in [0.717, 1.165) is 43.8 Å². The van der Waals surface area contributed by atoms with Gasteiger partial charge in [0.1, 0.15) is 5.75 Å². The highest BCUT2D eigenvalue weighted by molar-refractivity contribution is 5.76. The zero-order valence-corrected chi connectivity index (χ0v) is 12.6. The molecule has 1 aromatic rings. The predicted molar refractivity (Wildman–Crippen MR) is 82.9 cm³/mol. The number of carbonyl (C=O) groups is 1. The molecule has 1 amide bonds. The van der Waals surface area contributed by atoms with E-state index in [-0.39, 0.29) is 17.9 Å². The van der Waals surface area contributed by atoms with Crippen LogP contribution in [-0.2, 0) is 4.79 Å². The first-order valence-electron chi connectivity index (χ1n) is 7.60. The highest BCUT2D eigenvalue weighted by Crippen LogP contribution is 2.21. The van der Waals surface area contributed by atoms with Gasteiger partial charge in [-0.2, -0.15) is 0 Å². The minimum absolute atomic E-state index is 0.0359. The molecule has 1 heterocycles. The lowest BCUT2D eigenvalue weighted by Crippen LogP contribution is -2.43. The smallest absolute Gasteiger partial charge is 0.221 e. The van der Waals surface area contributed by atoms with E-state index in [2.05, 4.69) is 4.90 Å². The van der Waals surface area contributed by atoms with Crippen LogP contribution in [0.2, 0.25) is 0 Å². The number of hydrogen-bond acceptors (Lipinski definition) is 4. The molecule has 5 heteroatoms. The van der Waals surface area contributed by atoms with Crippen LogP contribution in [0.25, 0.3) is 0 Å². The van der Waals surface area contributed by atoms with Gasteiger partial charge in [0.05, 0.1) is 12.5 Å². The van der Waals surface area contributed by atoms with Gasteiger partial charge in [0.15, 0.2) is 0 Å². The number of nitrogens with two attached hydrogens (primary N) is 2. The fraction of sp³-hybridized carbons (Fsp3) is 0.562. The zero-order chi connectivity index (χ0) is 15.2. The summed E-state index contributed by atoms with van der Waals surface area (Å²) in [7, 11) is 0. The summed E-state index contributed by atoms with van der Waals surface area (Å²) in [5.41, 5.74) is 12.8. The molecule has 5 nitrogen and oxygen atoms in total. The molecule has 0 aliphatic carbocycles. The molecule has 1 aromatic carbocycles. The Morgan fingerprint density at radius 2 is 2.14 bits per heavy atom. The first-order valence-corrected chi connectivity index (χ1v) is 7.60. The Balaban J connectivity index is 1.91. The predicted octanol–water partition coefficient (Wildman–Crippen LogP) is 1.28. The fourth-order valence-electron chi connectivity index (χ4n) is 2.82. The first kappa shape index (κ1) is 15.8. The van der Waals surface area contributed by atoms with Gasteiger partial charge in [-0.05, 0) is 44.0 Å². The number of ether oxygens (including phenoxy) is 1. The molecule has 1 aliphatic heterocycles. The molecule has 0 bridgehead atoms. The molecule has 0 radical (unpaired) electrons. The lowest BCUT2D eigenvalue weighted by molar-refractivity contribution is -0.123. The third kappa shape index (κ3) is 4.44. The number of benzene rings is 1. The molecule has 0 spiro atoms. The average molecular weight is 291 g/mol. The van der Waals surface area contributed by atoms with E-state index < -0.39 is 0 Å². The Bertz CT molecular complexity index is 461. The first-order chi connectivity index (χ1) is 10.1. The molecule has 2 rings (SSSR count). The van der Waals surface area contributed by atoms with Crippen molar-refractivity contribution in [2.75, 3.05) is 26.2 Å². The Morgan fingerprint density at radius 1 is 1.43 bits per heavy atom. The molecule has 1 aliphatic rings. The molecule has 4 N–H and O–H groups in total. The Labute approximate surface area is 126 Å². The van der Waals surface area contributed by atoms with Gasteiger partial charge in [-0.15, -0.1) is 0 Å². The van der Waals surface area contributed by atoms with Gasteiger partial charge in [0.25, 0.3) is 0 Å². The van der Waals surface area contributed by atoms with Gasteiger partial charge in [-0.3, -0.25) is 4.79 Å². The third-order valence-electron chi connectivity index (χ3n) is 3.98. The van der Waals surface area contributed by atoms with Crippen molar-refractivity contribution in [3.8, 4) is 5.75 Å². The minimum Gasteiger partial charge on any atom is -0.494 e. The quantitative estimate of drug-likeness (QED) is 0.827. The normalized spacial score (nSPS) is 21.0. The molecular weight excluding hydrogens is 266 g/mol. The highest BCUT2D eigenvalue weighted by atomic mass is 16.5. The summed E-state index contributed by atoms with van der Waals surface area (Å²) in [5, 5.41) is 0. The van der Waals surface area contributed by atoms with E-state index in [1.165, 1.54) is 0 Å². The molecule has 2 unspecified atom stereocenters. The molecule has 2 atom stereocenters. The number of likely N-dealkylation sites (tertiary alicyclic amines) is 1.